The largest absolute Gasteiger partial charge is 0.374 e. The molecular formula is C63H35BN4. The number of benzene rings is 10. The van der Waals surface area contributed by atoms with Gasteiger partial charge < -0.3 is 18.2 Å². The third-order valence-corrected chi connectivity index (χ3v) is 16.5. The molecule has 0 saturated heterocycles. The van der Waals surface area contributed by atoms with E-state index in [9.17, 15) is 0 Å². The lowest BCUT2D eigenvalue weighted by molar-refractivity contribution is 0.711. The second kappa shape index (κ2) is 11.8. The number of hydrogen-bond donors (Lipinski definition) is 0. The first kappa shape index (κ1) is 34.5. The van der Waals surface area contributed by atoms with Gasteiger partial charge in [0.05, 0.1) is 50.3 Å². The summed E-state index contributed by atoms with van der Waals surface area (Å²) in [5, 5.41) is 7.81. The fourth-order valence-corrected chi connectivity index (χ4v) is 14.0. The van der Waals surface area contributed by atoms with E-state index < -0.39 is 0 Å². The van der Waals surface area contributed by atoms with Crippen molar-refractivity contribution in [3.8, 4) is 55.9 Å². The summed E-state index contributed by atoms with van der Waals surface area (Å²) in [6.45, 7) is -0.0522. The number of fused-ring (bicyclic) bond motifs is 19. The van der Waals surface area contributed by atoms with Crippen LogP contribution in [0.2, 0.25) is 0 Å². The molecule has 0 N–H and O–H groups in total. The van der Waals surface area contributed by atoms with Crippen LogP contribution >= 0.6 is 0 Å². The molecule has 0 spiro atoms. The second-order valence-electron chi connectivity index (χ2n) is 19.5. The number of hydrogen-bond acceptors (Lipinski definition) is 0. The summed E-state index contributed by atoms with van der Waals surface area (Å²) in [6.07, 6.45) is 0. The Morgan fingerprint density at radius 3 is 1.60 bits per heavy atom. The predicted molar refractivity (Wildman–Crippen MR) is 283 cm³/mol. The third-order valence-electron chi connectivity index (χ3n) is 16.5. The second-order valence-corrected chi connectivity index (χ2v) is 19.5. The van der Waals surface area contributed by atoms with Crippen LogP contribution in [0.4, 0.5) is 0 Å². The predicted octanol–water partition coefficient (Wildman–Crippen LogP) is 14.2. The summed E-state index contributed by atoms with van der Waals surface area (Å²) in [5.41, 5.74) is 28.6. The molecule has 18 rings (SSSR count). The van der Waals surface area contributed by atoms with Crippen LogP contribution in [0.15, 0.2) is 206 Å². The van der Waals surface area contributed by atoms with Gasteiger partial charge in [-0.25, -0.2) is 0 Å². The van der Waals surface area contributed by atoms with Crippen LogP contribution in [-0.4, -0.2) is 25.0 Å². The minimum atomic E-state index is -0.0522. The fourth-order valence-electron chi connectivity index (χ4n) is 14.0. The molecule has 1 unspecified atom stereocenters. The van der Waals surface area contributed by atoms with Gasteiger partial charge in [0.15, 0.2) is 0 Å². The first-order valence-electron chi connectivity index (χ1n) is 23.9. The Morgan fingerprint density at radius 1 is 0.338 bits per heavy atom. The quantitative estimate of drug-likeness (QED) is 0.154. The number of nitrogens with zero attached hydrogens (tertiary/aromatic N) is 4. The summed E-state index contributed by atoms with van der Waals surface area (Å²) >= 11 is 0. The molecule has 0 aliphatic carbocycles. The van der Waals surface area contributed by atoms with Crippen LogP contribution in [0.1, 0.15) is 17.2 Å². The standard InChI is InChI=1S/C63H35BN4/c1-3-15-35(16-4-1)37-31-48-43-22-12-26-46-58(43)67(61-45-25-11-21-41-39-19-7-9-29-51(39)65(57(41)45)53(33-37)55(48)61)62-47-27-13-23-44-49-32-38(36-17-5-2-6-18-36)34-54-56(49)64(68(59(44)47)63(46)62)50-28-14-24-42-40-20-8-10-30-52(40)66(54)60(42)50/h1-34,61H. The average Bonchev–Trinajstić information content (AvgIpc) is 4.14. The van der Waals surface area contributed by atoms with E-state index in [1.54, 1.807) is 0 Å². The van der Waals surface area contributed by atoms with Crippen LogP contribution in [-0.2, 0) is 0 Å². The molecule has 4 aromatic heterocycles. The topological polar surface area (TPSA) is 19.7 Å². The molecule has 14 aromatic rings. The molecule has 4 aliphatic heterocycles. The normalized spacial score (nSPS) is 14.6. The van der Waals surface area contributed by atoms with Crippen molar-refractivity contribution < 1.29 is 0 Å². The molecule has 0 amide bonds. The maximum atomic E-state index is 2.79. The molecular weight excluding hydrogens is 824 g/mol. The summed E-state index contributed by atoms with van der Waals surface area (Å²) < 4.78 is 10.8. The molecule has 10 aromatic carbocycles. The van der Waals surface area contributed by atoms with Gasteiger partial charge in [-0.2, -0.15) is 0 Å². The van der Waals surface area contributed by atoms with Gasteiger partial charge in [-0.15, -0.1) is 0 Å². The first-order valence-corrected chi connectivity index (χ1v) is 23.9. The van der Waals surface area contributed by atoms with Gasteiger partial charge in [-0.1, -0.05) is 170 Å². The minimum Gasteiger partial charge on any atom is -0.374 e. The van der Waals surface area contributed by atoms with Crippen molar-refractivity contribution in [1.29, 1.82) is 0 Å². The Balaban J connectivity index is 1.04. The highest BCUT2D eigenvalue weighted by atomic mass is 15.1. The van der Waals surface area contributed by atoms with E-state index in [1.165, 1.54) is 154 Å². The van der Waals surface area contributed by atoms with Gasteiger partial charge in [0.1, 0.15) is 0 Å². The van der Waals surface area contributed by atoms with E-state index in [-0.39, 0.29) is 12.9 Å². The maximum absolute atomic E-state index is 2.79. The highest BCUT2D eigenvalue weighted by Crippen LogP contribution is 2.57. The van der Waals surface area contributed by atoms with Gasteiger partial charge in [-0.05, 0) is 80.7 Å². The zero-order chi connectivity index (χ0) is 43.7. The van der Waals surface area contributed by atoms with Crippen molar-refractivity contribution in [1.82, 2.24) is 18.2 Å². The first-order chi connectivity index (χ1) is 33.8. The highest BCUT2D eigenvalue weighted by molar-refractivity contribution is 6.90. The molecule has 0 fully saturated rings. The smallest absolute Gasteiger partial charge is 0.333 e. The summed E-state index contributed by atoms with van der Waals surface area (Å²) in [5.74, 6) is 0. The molecule has 4 aliphatic rings. The Morgan fingerprint density at radius 2 is 0.882 bits per heavy atom. The van der Waals surface area contributed by atoms with Gasteiger partial charge in [0.2, 0.25) is 0 Å². The lowest BCUT2D eigenvalue weighted by Gasteiger charge is -2.36. The summed E-state index contributed by atoms with van der Waals surface area (Å²) in [4.78, 5) is 0. The van der Waals surface area contributed by atoms with Crippen LogP contribution in [0, 0.1) is 0 Å². The van der Waals surface area contributed by atoms with Gasteiger partial charge >= 0.3 is 6.85 Å². The highest BCUT2D eigenvalue weighted by Gasteiger charge is 2.45. The number of rotatable bonds is 2. The van der Waals surface area contributed by atoms with Crippen molar-refractivity contribution in [2.45, 2.75) is 6.04 Å². The summed E-state index contributed by atoms with van der Waals surface area (Å²) in [7, 11) is 0. The molecule has 68 heavy (non-hydrogen) atoms. The lowest BCUT2D eigenvalue weighted by Crippen LogP contribution is -2.55. The van der Waals surface area contributed by atoms with Crippen LogP contribution < -0.4 is 10.9 Å². The van der Waals surface area contributed by atoms with Gasteiger partial charge in [-0.3, -0.25) is 0 Å². The van der Waals surface area contributed by atoms with E-state index in [2.05, 4.69) is 224 Å². The Bertz CT molecular complexity index is 4380. The van der Waals surface area contributed by atoms with Gasteiger partial charge in [0, 0.05) is 65.8 Å². The maximum Gasteiger partial charge on any atom is 0.333 e. The van der Waals surface area contributed by atoms with Gasteiger partial charge in [0.25, 0.3) is 0 Å². The third kappa shape index (κ3) is 3.83. The monoisotopic (exact) mass is 858 g/mol. The van der Waals surface area contributed by atoms with Crippen LogP contribution in [0.25, 0.3) is 132 Å². The molecule has 0 bridgehead atoms. The molecule has 4 nitrogen and oxygen atoms in total. The van der Waals surface area contributed by atoms with Crippen molar-refractivity contribution in [2.75, 3.05) is 0 Å². The molecule has 0 radical (unpaired) electrons. The minimum absolute atomic E-state index is 0.0522. The lowest BCUT2D eigenvalue weighted by atomic mass is 9.45. The zero-order valence-electron chi connectivity index (χ0n) is 36.6. The molecule has 1 atom stereocenters. The van der Waals surface area contributed by atoms with Crippen molar-refractivity contribution in [3.05, 3.63) is 217 Å². The van der Waals surface area contributed by atoms with Crippen LogP contribution in [0.3, 0.4) is 0 Å². The zero-order valence-corrected chi connectivity index (χ0v) is 36.6. The number of aromatic nitrogens is 4. The Kier molecular flexibility index (Phi) is 5.98. The van der Waals surface area contributed by atoms with Crippen molar-refractivity contribution in [3.63, 3.8) is 0 Å². The summed E-state index contributed by atoms with van der Waals surface area (Å²) in [6, 6.07) is 78.3. The van der Waals surface area contributed by atoms with E-state index in [0.717, 1.165) is 0 Å². The average molecular weight is 859 g/mol. The Hall–Kier alpha value is -8.80. The Labute approximate surface area is 389 Å². The van der Waals surface area contributed by atoms with E-state index >= 15 is 0 Å². The fraction of sp³-hybridized carbons (Fsp3) is 0.0159. The SMILES string of the molecule is c1ccc(-c2cc3c4c(c2)-n2c5ccccc5c5cccc(c52)B4n2c4c-3cccc4c3c2c2cccc4c2n3C2c3c-4cc(-c4ccccc4)cc3-n3c4ccccc4c4cccc2c43)cc1. The molecule has 0 saturated carbocycles. The van der Waals surface area contributed by atoms with E-state index in [4.69, 9.17) is 0 Å². The molecule has 310 valence electrons. The van der Waals surface area contributed by atoms with Crippen molar-refractivity contribution in [2.24, 2.45) is 0 Å². The van der Waals surface area contributed by atoms with E-state index in [0.29, 0.717) is 0 Å². The number of para-hydroxylation sites is 6. The van der Waals surface area contributed by atoms with Crippen LogP contribution in [0.5, 0.6) is 0 Å². The molecule has 8 heterocycles. The van der Waals surface area contributed by atoms with E-state index in [1.807, 2.05) is 0 Å². The molecule has 5 heteroatoms. The van der Waals surface area contributed by atoms with Crippen molar-refractivity contribution >= 4 is 94.2 Å².